The van der Waals surface area contributed by atoms with Crippen molar-refractivity contribution in [2.75, 3.05) is 12.4 Å². The Bertz CT molecular complexity index is 1100. The fourth-order valence-electron chi connectivity index (χ4n) is 2.95. The molecule has 0 fully saturated rings. The van der Waals surface area contributed by atoms with E-state index in [4.69, 9.17) is 9.47 Å². The van der Waals surface area contributed by atoms with Gasteiger partial charge in [-0.1, -0.05) is 6.07 Å². The predicted octanol–water partition coefficient (Wildman–Crippen LogP) is 3.71. The van der Waals surface area contributed by atoms with Crippen molar-refractivity contribution < 1.29 is 19.1 Å². The summed E-state index contributed by atoms with van der Waals surface area (Å²) in [6.45, 7) is 5.27. The highest BCUT2D eigenvalue weighted by Gasteiger charge is 2.25. The van der Waals surface area contributed by atoms with E-state index in [1.54, 1.807) is 58.2 Å². The number of nitrogens with one attached hydrogen (secondary N) is 3. The second kappa shape index (κ2) is 10.4. The van der Waals surface area contributed by atoms with Gasteiger partial charge in [0.15, 0.2) is 0 Å². The zero-order chi connectivity index (χ0) is 24.0. The zero-order valence-electron chi connectivity index (χ0n) is 18.7. The first kappa shape index (κ1) is 24.2. The number of alkyl carbamates (subject to hydrolysis) is 1. The number of aromatic nitrogens is 4. The van der Waals surface area contributed by atoms with Crippen molar-refractivity contribution in [1.29, 1.82) is 0 Å². The van der Waals surface area contributed by atoms with Crippen LogP contribution in [0.25, 0.3) is 11.4 Å². The minimum Gasteiger partial charge on any atom is -0.496 e. The minimum absolute atomic E-state index is 0.245. The second-order valence-corrected chi connectivity index (χ2v) is 9.03. The number of ether oxygens (including phenoxy) is 2. The quantitative estimate of drug-likeness (QED) is 0.436. The van der Waals surface area contributed by atoms with Crippen molar-refractivity contribution in [3.05, 3.63) is 52.5 Å². The van der Waals surface area contributed by atoms with Crippen LogP contribution in [0.15, 0.2) is 46.9 Å². The molecule has 0 aliphatic carbocycles. The first-order valence-electron chi connectivity index (χ1n) is 10.1. The molecule has 174 valence electrons. The molecule has 0 radical (unpaired) electrons. The maximum Gasteiger partial charge on any atom is 0.408 e. The highest BCUT2D eigenvalue weighted by molar-refractivity contribution is 9.10. The molecular weight excluding hydrogens is 492 g/mol. The molecule has 10 nitrogen and oxygen atoms in total. The van der Waals surface area contributed by atoms with Gasteiger partial charge in [-0.15, -0.1) is 10.2 Å². The number of nitrogens with zero attached hydrogens (tertiary/aromatic N) is 3. The molecule has 0 saturated carbocycles. The van der Waals surface area contributed by atoms with Gasteiger partial charge in [-0.05, 0) is 83.9 Å². The summed E-state index contributed by atoms with van der Waals surface area (Å²) in [7, 11) is 1.57. The van der Waals surface area contributed by atoms with Crippen LogP contribution >= 0.6 is 15.9 Å². The highest BCUT2D eigenvalue weighted by Crippen LogP contribution is 2.26. The van der Waals surface area contributed by atoms with Crippen LogP contribution in [0, 0.1) is 0 Å². The van der Waals surface area contributed by atoms with Gasteiger partial charge in [0.2, 0.25) is 11.7 Å². The molecule has 3 N–H and O–H groups in total. The standard InChI is InChI=1S/C22H25BrN6O4/c1-22(2,3)33-21(31)25-17(12-13-5-10-18(32-4)16(23)11-13)20(30)24-15-8-6-14(7-9-15)19-26-28-29-27-19/h5-11,17H,12H2,1-4H3,(H,24,30)(H,25,31)(H,26,27,28,29)/t17-/m0/s1. The first-order chi connectivity index (χ1) is 15.6. The first-order valence-corrected chi connectivity index (χ1v) is 10.9. The molecule has 3 aromatic rings. The fourth-order valence-corrected chi connectivity index (χ4v) is 3.54. The fraction of sp³-hybridized carbons (Fsp3) is 0.318. The number of tetrazole rings is 1. The van der Waals surface area contributed by atoms with E-state index in [-0.39, 0.29) is 12.3 Å². The van der Waals surface area contributed by atoms with Crippen LogP contribution in [0.2, 0.25) is 0 Å². The van der Waals surface area contributed by atoms with E-state index in [2.05, 4.69) is 47.2 Å². The number of hydrogen-bond donors (Lipinski definition) is 3. The number of hydrogen-bond acceptors (Lipinski definition) is 7. The van der Waals surface area contributed by atoms with E-state index in [0.29, 0.717) is 17.3 Å². The Kier molecular flexibility index (Phi) is 7.64. The Morgan fingerprint density at radius 2 is 1.88 bits per heavy atom. The maximum atomic E-state index is 13.1. The van der Waals surface area contributed by atoms with Crippen molar-refractivity contribution in [1.82, 2.24) is 25.9 Å². The van der Waals surface area contributed by atoms with Crippen LogP contribution in [0.4, 0.5) is 10.5 Å². The predicted molar refractivity (Wildman–Crippen MR) is 126 cm³/mol. The Morgan fingerprint density at radius 1 is 1.15 bits per heavy atom. The molecule has 1 atom stereocenters. The zero-order valence-corrected chi connectivity index (χ0v) is 20.3. The molecule has 2 amide bonds. The Hall–Kier alpha value is -3.47. The number of amides is 2. The molecule has 1 aromatic heterocycles. The number of aromatic amines is 1. The van der Waals surface area contributed by atoms with E-state index in [1.165, 1.54) is 0 Å². The lowest BCUT2D eigenvalue weighted by Crippen LogP contribution is -2.47. The van der Waals surface area contributed by atoms with E-state index in [9.17, 15) is 9.59 Å². The number of methoxy groups -OCH3 is 1. The van der Waals surface area contributed by atoms with Crippen molar-refractivity contribution in [3.63, 3.8) is 0 Å². The van der Waals surface area contributed by atoms with Gasteiger partial charge in [0.25, 0.3) is 0 Å². The lowest BCUT2D eigenvalue weighted by Gasteiger charge is -2.23. The van der Waals surface area contributed by atoms with Gasteiger partial charge in [-0.2, -0.15) is 5.21 Å². The molecule has 0 saturated heterocycles. The third-order valence-electron chi connectivity index (χ3n) is 4.42. The molecule has 0 unspecified atom stereocenters. The van der Waals surface area contributed by atoms with Gasteiger partial charge in [0.05, 0.1) is 11.6 Å². The molecule has 0 bridgehead atoms. The number of anilines is 1. The average molecular weight is 517 g/mol. The Morgan fingerprint density at radius 3 is 2.45 bits per heavy atom. The van der Waals surface area contributed by atoms with Gasteiger partial charge in [0, 0.05) is 17.7 Å². The highest BCUT2D eigenvalue weighted by atomic mass is 79.9. The van der Waals surface area contributed by atoms with E-state index >= 15 is 0 Å². The number of carbonyl (C=O) groups is 2. The van der Waals surface area contributed by atoms with Gasteiger partial charge >= 0.3 is 6.09 Å². The molecule has 0 aliphatic rings. The minimum atomic E-state index is -0.878. The number of rotatable bonds is 7. The summed E-state index contributed by atoms with van der Waals surface area (Å²) in [5.74, 6) is 0.726. The summed E-state index contributed by atoms with van der Waals surface area (Å²) < 4.78 is 11.3. The molecule has 3 rings (SSSR count). The molecule has 1 heterocycles. The van der Waals surface area contributed by atoms with Crippen LogP contribution in [-0.2, 0) is 16.0 Å². The molecule has 33 heavy (non-hydrogen) atoms. The van der Waals surface area contributed by atoms with Crippen molar-refractivity contribution in [3.8, 4) is 17.1 Å². The second-order valence-electron chi connectivity index (χ2n) is 8.17. The van der Waals surface area contributed by atoms with Gasteiger partial charge in [-0.3, -0.25) is 4.79 Å². The van der Waals surface area contributed by atoms with Crippen LogP contribution < -0.4 is 15.4 Å². The van der Waals surface area contributed by atoms with Crippen molar-refractivity contribution >= 4 is 33.6 Å². The topological polar surface area (TPSA) is 131 Å². The van der Waals surface area contributed by atoms with Crippen molar-refractivity contribution in [2.24, 2.45) is 0 Å². The Labute approximate surface area is 199 Å². The number of halogens is 1. The summed E-state index contributed by atoms with van der Waals surface area (Å²) in [5, 5.41) is 19.3. The number of carbonyl (C=O) groups excluding carboxylic acids is 2. The average Bonchev–Trinajstić information content (AvgIpc) is 3.27. The van der Waals surface area contributed by atoms with Gasteiger partial charge in [0.1, 0.15) is 17.4 Å². The summed E-state index contributed by atoms with van der Waals surface area (Å²) in [6.07, 6.45) is -0.433. The summed E-state index contributed by atoms with van der Waals surface area (Å²) >= 11 is 3.45. The van der Waals surface area contributed by atoms with E-state index in [0.717, 1.165) is 15.6 Å². The maximum absolute atomic E-state index is 13.1. The lowest BCUT2D eigenvalue weighted by molar-refractivity contribution is -0.118. The van der Waals surface area contributed by atoms with Crippen LogP contribution in [0.3, 0.4) is 0 Å². The monoisotopic (exact) mass is 516 g/mol. The molecular formula is C22H25BrN6O4. The van der Waals surface area contributed by atoms with Crippen LogP contribution in [0.5, 0.6) is 5.75 Å². The van der Waals surface area contributed by atoms with E-state index in [1.807, 2.05) is 12.1 Å². The number of benzene rings is 2. The number of H-pyrrole nitrogens is 1. The lowest BCUT2D eigenvalue weighted by atomic mass is 10.0. The SMILES string of the molecule is COc1ccc(C[C@H](NC(=O)OC(C)(C)C)C(=O)Nc2ccc(-c3nn[nH]n3)cc2)cc1Br. The summed E-state index contributed by atoms with van der Waals surface area (Å²) in [4.78, 5) is 25.5. The summed E-state index contributed by atoms with van der Waals surface area (Å²) in [5.41, 5.74) is 1.43. The molecule has 2 aromatic carbocycles. The summed E-state index contributed by atoms with van der Waals surface area (Å²) in [6, 6.07) is 11.6. The largest absolute Gasteiger partial charge is 0.496 e. The van der Waals surface area contributed by atoms with Crippen LogP contribution in [-0.4, -0.2) is 51.4 Å². The Balaban J connectivity index is 1.76. The van der Waals surface area contributed by atoms with Crippen molar-refractivity contribution in [2.45, 2.75) is 38.8 Å². The molecule has 0 aliphatic heterocycles. The van der Waals surface area contributed by atoms with E-state index < -0.39 is 17.7 Å². The third-order valence-corrected chi connectivity index (χ3v) is 5.04. The van der Waals surface area contributed by atoms with Crippen LogP contribution in [0.1, 0.15) is 26.3 Å². The molecule has 0 spiro atoms. The van der Waals surface area contributed by atoms with Gasteiger partial charge < -0.3 is 20.1 Å². The smallest absolute Gasteiger partial charge is 0.408 e. The third kappa shape index (κ3) is 7.01. The van der Waals surface area contributed by atoms with Gasteiger partial charge in [-0.25, -0.2) is 4.79 Å². The normalized spacial score (nSPS) is 12.0. The molecule has 11 heteroatoms.